The van der Waals surface area contributed by atoms with Crippen molar-refractivity contribution in [3.63, 3.8) is 0 Å². The summed E-state index contributed by atoms with van der Waals surface area (Å²) in [4.78, 5) is 27.5. The molecule has 1 saturated carbocycles. The minimum absolute atomic E-state index is 0.0588. The zero-order valence-corrected chi connectivity index (χ0v) is 22.3. The van der Waals surface area contributed by atoms with Crippen LogP contribution < -0.4 is 4.72 Å². The van der Waals surface area contributed by atoms with Gasteiger partial charge in [0.1, 0.15) is 6.54 Å². The molecule has 0 atom stereocenters. The Bertz CT molecular complexity index is 1370. The molecule has 7 nitrogen and oxygen atoms in total. The second kappa shape index (κ2) is 10.5. The minimum Gasteiger partial charge on any atom is -0.347 e. The highest BCUT2D eigenvalue weighted by atomic mass is 32.2. The molecular weight excluding hydrogens is 474 g/mol. The molecule has 8 heteroatoms. The second-order valence-electron chi connectivity index (χ2n) is 10.1. The topological polar surface area (TPSA) is 88.5 Å². The van der Waals surface area contributed by atoms with E-state index in [1.54, 1.807) is 31.1 Å². The van der Waals surface area contributed by atoms with Gasteiger partial charge in [-0.15, -0.1) is 0 Å². The van der Waals surface area contributed by atoms with Crippen LogP contribution in [0.4, 0.5) is 0 Å². The molecule has 1 heterocycles. The molecule has 1 aliphatic rings. The number of hydrogen-bond acceptors (Lipinski definition) is 4. The van der Waals surface area contributed by atoms with E-state index in [-0.39, 0.29) is 18.0 Å². The fourth-order valence-corrected chi connectivity index (χ4v) is 5.59. The summed E-state index contributed by atoms with van der Waals surface area (Å²) < 4.78 is 28.8. The molecule has 2 amide bonds. The van der Waals surface area contributed by atoms with E-state index in [4.69, 9.17) is 0 Å². The minimum atomic E-state index is -3.77. The fraction of sp³-hybridized carbons (Fsp3) is 0.429. The molecular formula is C28H35N3O4S. The van der Waals surface area contributed by atoms with Gasteiger partial charge < -0.3 is 9.47 Å². The van der Waals surface area contributed by atoms with Crippen LogP contribution in [0.5, 0.6) is 0 Å². The Morgan fingerprint density at radius 3 is 2.31 bits per heavy atom. The number of rotatable bonds is 7. The maximum absolute atomic E-state index is 13.0. The standard InChI is InChI=1S/C28H35N3O4S/c1-19(2)36(34,35)29-28(33)22-15-16-23-24(17-22)31(18-25(32)30(3)4)27(21-13-9-6-10-14-21)26(23)20-11-7-5-8-12-20/h6,9-10,13-17,19-20H,5,7-8,11-12,18H2,1-4H3,(H,29,33). The average Bonchev–Trinajstić information content (AvgIpc) is 3.18. The number of fused-ring (bicyclic) bond motifs is 1. The number of hydrogen-bond donors (Lipinski definition) is 1. The van der Waals surface area contributed by atoms with Gasteiger partial charge in [0.05, 0.1) is 16.5 Å². The van der Waals surface area contributed by atoms with E-state index in [9.17, 15) is 18.0 Å². The highest BCUT2D eigenvalue weighted by Crippen LogP contribution is 2.44. The third-order valence-electron chi connectivity index (χ3n) is 7.07. The Labute approximate surface area is 213 Å². The molecule has 0 aliphatic heterocycles. The summed E-state index contributed by atoms with van der Waals surface area (Å²) >= 11 is 0. The van der Waals surface area contributed by atoms with Crippen molar-refractivity contribution in [1.82, 2.24) is 14.2 Å². The van der Waals surface area contributed by atoms with Gasteiger partial charge in [0.15, 0.2) is 0 Å². The van der Waals surface area contributed by atoms with E-state index < -0.39 is 21.2 Å². The summed E-state index contributed by atoms with van der Waals surface area (Å²) in [6, 6.07) is 15.4. The number of carbonyl (C=O) groups excluding carboxylic acids is 2. The maximum atomic E-state index is 13.0. The summed E-state index contributed by atoms with van der Waals surface area (Å²) in [6.45, 7) is 3.18. The molecule has 1 fully saturated rings. The summed E-state index contributed by atoms with van der Waals surface area (Å²) in [7, 11) is -0.309. The van der Waals surface area contributed by atoms with Gasteiger partial charge in [-0.3, -0.25) is 9.59 Å². The first-order chi connectivity index (χ1) is 17.1. The van der Waals surface area contributed by atoms with Gasteiger partial charge in [0.2, 0.25) is 15.9 Å². The van der Waals surface area contributed by atoms with E-state index in [2.05, 4.69) is 16.9 Å². The van der Waals surface area contributed by atoms with Crippen LogP contribution >= 0.6 is 0 Å². The van der Waals surface area contributed by atoms with Crippen LogP contribution in [0.25, 0.3) is 22.2 Å². The van der Waals surface area contributed by atoms with Crippen molar-refractivity contribution in [2.75, 3.05) is 14.1 Å². The van der Waals surface area contributed by atoms with Gasteiger partial charge in [-0.2, -0.15) is 0 Å². The number of nitrogens with zero attached hydrogens (tertiary/aromatic N) is 2. The first-order valence-corrected chi connectivity index (χ1v) is 14.1. The summed E-state index contributed by atoms with van der Waals surface area (Å²) in [5.74, 6) is -0.373. The normalized spacial score (nSPS) is 14.8. The number of aromatic nitrogens is 1. The van der Waals surface area contributed by atoms with Gasteiger partial charge in [0, 0.05) is 25.0 Å². The van der Waals surface area contributed by atoms with E-state index in [1.807, 2.05) is 28.8 Å². The Hall–Kier alpha value is -3.13. The summed E-state index contributed by atoms with van der Waals surface area (Å²) in [5.41, 5.74) is 4.25. The van der Waals surface area contributed by atoms with E-state index in [0.717, 1.165) is 47.8 Å². The predicted octanol–water partition coefficient (Wildman–Crippen LogP) is 4.91. The molecule has 2 aromatic carbocycles. The number of amides is 2. The maximum Gasteiger partial charge on any atom is 0.264 e. The van der Waals surface area contributed by atoms with Crippen LogP contribution in [0, 0.1) is 0 Å². The summed E-state index contributed by atoms with van der Waals surface area (Å²) in [6.07, 6.45) is 5.71. The zero-order chi connectivity index (χ0) is 26.0. The van der Waals surface area contributed by atoms with Crippen molar-refractivity contribution in [2.24, 2.45) is 0 Å². The quantitative estimate of drug-likeness (QED) is 0.490. The molecule has 4 rings (SSSR count). The average molecular weight is 510 g/mol. The first kappa shape index (κ1) is 25.9. The smallest absolute Gasteiger partial charge is 0.264 e. The molecule has 0 saturated heterocycles. The third-order valence-corrected chi connectivity index (χ3v) is 8.79. The molecule has 0 bridgehead atoms. The van der Waals surface area contributed by atoms with Gasteiger partial charge >= 0.3 is 0 Å². The highest BCUT2D eigenvalue weighted by Gasteiger charge is 2.28. The lowest BCUT2D eigenvalue weighted by Gasteiger charge is -2.24. The van der Waals surface area contributed by atoms with E-state index in [1.165, 1.54) is 25.8 Å². The molecule has 1 N–H and O–H groups in total. The first-order valence-electron chi connectivity index (χ1n) is 12.6. The van der Waals surface area contributed by atoms with Crippen molar-refractivity contribution in [1.29, 1.82) is 0 Å². The Morgan fingerprint density at radius 2 is 1.69 bits per heavy atom. The fourth-order valence-electron chi connectivity index (χ4n) is 4.98. The molecule has 0 unspecified atom stereocenters. The number of carbonyl (C=O) groups is 2. The largest absolute Gasteiger partial charge is 0.347 e. The van der Waals surface area contributed by atoms with Crippen molar-refractivity contribution in [3.05, 3.63) is 59.7 Å². The molecule has 36 heavy (non-hydrogen) atoms. The Balaban J connectivity index is 1.95. The van der Waals surface area contributed by atoms with Gasteiger partial charge in [-0.25, -0.2) is 13.1 Å². The van der Waals surface area contributed by atoms with Crippen molar-refractivity contribution in [3.8, 4) is 11.3 Å². The number of benzene rings is 2. The Kier molecular flexibility index (Phi) is 7.54. The number of sulfonamides is 1. The monoisotopic (exact) mass is 509 g/mol. The van der Waals surface area contributed by atoms with Gasteiger partial charge in [0.25, 0.3) is 5.91 Å². The van der Waals surface area contributed by atoms with Crippen LogP contribution in [-0.2, 0) is 21.4 Å². The lowest BCUT2D eigenvalue weighted by Crippen LogP contribution is -2.35. The van der Waals surface area contributed by atoms with Crippen molar-refractivity contribution < 1.29 is 18.0 Å². The lowest BCUT2D eigenvalue weighted by atomic mass is 9.82. The molecule has 0 spiro atoms. The van der Waals surface area contributed by atoms with Crippen LogP contribution in [0.15, 0.2) is 48.5 Å². The van der Waals surface area contributed by atoms with Crippen LogP contribution in [0.2, 0.25) is 0 Å². The lowest BCUT2D eigenvalue weighted by molar-refractivity contribution is -0.129. The van der Waals surface area contributed by atoms with Crippen LogP contribution in [0.3, 0.4) is 0 Å². The molecule has 0 radical (unpaired) electrons. The van der Waals surface area contributed by atoms with Gasteiger partial charge in [-0.05, 0) is 55.9 Å². The van der Waals surface area contributed by atoms with Gasteiger partial charge in [-0.1, -0.05) is 55.7 Å². The third kappa shape index (κ3) is 5.19. The van der Waals surface area contributed by atoms with E-state index >= 15 is 0 Å². The number of nitrogens with one attached hydrogen (secondary N) is 1. The number of likely N-dealkylation sites (N-methyl/N-ethyl adjacent to an activating group) is 1. The SMILES string of the molecule is CC(C)S(=O)(=O)NC(=O)c1ccc2c(C3CCCCC3)c(-c3ccccc3)n(CC(=O)N(C)C)c2c1. The molecule has 1 aromatic heterocycles. The van der Waals surface area contributed by atoms with Crippen molar-refractivity contribution >= 4 is 32.7 Å². The van der Waals surface area contributed by atoms with Crippen LogP contribution in [0.1, 0.15) is 67.8 Å². The molecule has 192 valence electrons. The Morgan fingerprint density at radius 1 is 1.03 bits per heavy atom. The predicted molar refractivity (Wildman–Crippen MR) is 143 cm³/mol. The molecule has 3 aromatic rings. The van der Waals surface area contributed by atoms with E-state index in [0.29, 0.717) is 5.92 Å². The zero-order valence-electron chi connectivity index (χ0n) is 21.5. The second-order valence-corrected chi connectivity index (χ2v) is 12.3. The highest BCUT2D eigenvalue weighted by molar-refractivity contribution is 7.90. The van der Waals surface area contributed by atoms with Crippen molar-refractivity contribution in [2.45, 2.75) is 63.7 Å². The van der Waals surface area contributed by atoms with Crippen LogP contribution in [-0.4, -0.2) is 49.0 Å². The molecule has 1 aliphatic carbocycles. The summed E-state index contributed by atoms with van der Waals surface area (Å²) in [5, 5.41) is 0.282.